The smallest absolute Gasteiger partial charge is 0.161 e. The minimum atomic E-state index is -0.269. The summed E-state index contributed by atoms with van der Waals surface area (Å²) < 4.78 is 0. The van der Waals surface area contributed by atoms with Gasteiger partial charge in [0.25, 0.3) is 0 Å². The average molecular weight is 577 g/mol. The summed E-state index contributed by atoms with van der Waals surface area (Å²) in [7, 11) is 2.25. The summed E-state index contributed by atoms with van der Waals surface area (Å²) in [4.78, 5) is 19.4. The molecule has 6 heteroatoms. The number of rotatable bonds is 3. The first-order valence-electron chi connectivity index (χ1n) is 15.8. The van der Waals surface area contributed by atoms with Gasteiger partial charge in [-0.25, -0.2) is 9.97 Å². The van der Waals surface area contributed by atoms with Gasteiger partial charge in [0.05, 0.1) is 17.6 Å². The van der Waals surface area contributed by atoms with Crippen LogP contribution >= 0.6 is 0 Å². The molecule has 8 aliphatic rings. The molecule has 3 aromatic carbocycles. The van der Waals surface area contributed by atoms with Crippen LogP contribution in [-0.4, -0.2) is 29.3 Å². The Hall–Kier alpha value is -4.84. The van der Waals surface area contributed by atoms with E-state index in [0.29, 0.717) is 0 Å². The van der Waals surface area contributed by atoms with Crippen LogP contribution in [0.5, 0.6) is 0 Å². The fraction of sp³-hybridized carbons (Fsp3) is 0.263. The van der Waals surface area contributed by atoms with E-state index in [0.717, 1.165) is 48.6 Å². The van der Waals surface area contributed by atoms with Crippen LogP contribution in [0.4, 0.5) is 28.6 Å². The monoisotopic (exact) mass is 576 g/mol. The Bertz CT molecular complexity index is 1890. The fourth-order valence-electron chi connectivity index (χ4n) is 9.82. The molecular formula is C38H36N6. The zero-order chi connectivity index (χ0) is 29.8. The highest BCUT2D eigenvalue weighted by Gasteiger charge is 2.67. The molecule has 4 atom stereocenters. The van der Waals surface area contributed by atoms with E-state index in [4.69, 9.17) is 4.98 Å². The van der Waals surface area contributed by atoms with Crippen LogP contribution in [0.1, 0.15) is 42.9 Å². The zero-order valence-electron chi connectivity index (χ0n) is 25.3. The van der Waals surface area contributed by atoms with Crippen molar-refractivity contribution in [1.82, 2.24) is 9.97 Å². The van der Waals surface area contributed by atoms with Crippen LogP contribution in [-0.2, 0) is 17.3 Å². The van der Waals surface area contributed by atoms with Crippen LogP contribution in [0.2, 0.25) is 0 Å². The molecule has 6 bridgehead atoms. The summed E-state index contributed by atoms with van der Waals surface area (Å²) in [6.45, 7) is 11.1. The van der Waals surface area contributed by atoms with Crippen LogP contribution in [0.25, 0.3) is 0 Å². The average Bonchev–Trinajstić information content (AvgIpc) is 3.65. The van der Waals surface area contributed by atoms with Gasteiger partial charge in [0.1, 0.15) is 24.3 Å². The first kappa shape index (κ1) is 25.6. The van der Waals surface area contributed by atoms with Crippen molar-refractivity contribution in [3.8, 4) is 0 Å². The highest BCUT2D eigenvalue weighted by atomic mass is 15.5. The molecule has 1 aromatic heterocycles. The van der Waals surface area contributed by atoms with Gasteiger partial charge < -0.3 is 19.6 Å². The van der Waals surface area contributed by atoms with Gasteiger partial charge >= 0.3 is 0 Å². The molecule has 8 aliphatic heterocycles. The topological polar surface area (TPSA) is 38.7 Å². The molecule has 6 nitrogen and oxygen atoms in total. The van der Waals surface area contributed by atoms with E-state index in [1.807, 2.05) is 18.3 Å². The van der Waals surface area contributed by atoms with Crippen molar-refractivity contribution in [3.63, 3.8) is 0 Å². The van der Waals surface area contributed by atoms with Crippen LogP contribution in [0.3, 0.4) is 0 Å². The van der Waals surface area contributed by atoms with E-state index in [9.17, 15) is 0 Å². The molecule has 218 valence electrons. The van der Waals surface area contributed by atoms with Crippen molar-refractivity contribution in [1.29, 1.82) is 0 Å². The van der Waals surface area contributed by atoms with Gasteiger partial charge in [0.2, 0.25) is 0 Å². The molecule has 0 aliphatic carbocycles. The Morgan fingerprint density at radius 2 is 1.52 bits per heavy atom. The lowest BCUT2D eigenvalue weighted by Gasteiger charge is -2.56. The largest absolute Gasteiger partial charge is 0.349 e. The molecule has 0 amide bonds. The predicted molar refractivity (Wildman–Crippen MR) is 178 cm³/mol. The van der Waals surface area contributed by atoms with E-state index in [2.05, 4.69) is 125 Å². The number of para-hydroxylation sites is 2. The quantitative estimate of drug-likeness (QED) is 0.250. The maximum absolute atomic E-state index is 4.90. The number of anilines is 5. The van der Waals surface area contributed by atoms with Crippen molar-refractivity contribution in [2.45, 2.75) is 55.8 Å². The highest BCUT2D eigenvalue weighted by Crippen LogP contribution is 2.67. The Labute approximate surface area is 259 Å². The minimum absolute atomic E-state index is 0.0471. The number of benzene rings is 3. The van der Waals surface area contributed by atoms with Gasteiger partial charge in [0.15, 0.2) is 5.82 Å². The third kappa shape index (κ3) is 2.82. The number of fused-ring (bicyclic) bond motifs is 5. The Morgan fingerprint density at radius 3 is 2.25 bits per heavy atom. The standard InChI is InChI=1S/C38H36N6/c1-5-29-30(6-2)43-31-14-10-8-12-27(31)37(7-3)22-25-16-18-26(19-17-25)42(29)34(43)20-21-38(37)28-13-9-11-15-32(28)44-35-33(23-39-24-40-35)41(4)36(38)44/h5-6,8-19,23-24,34,36H,1-2,7,20-22H2,3-4H3. The summed E-state index contributed by atoms with van der Waals surface area (Å²) in [5.41, 5.74) is 10.7. The summed E-state index contributed by atoms with van der Waals surface area (Å²) in [6, 6.07) is 27.7. The number of likely N-dealkylation sites (N-methyl/N-ethyl adjacent to an activating group) is 1. The van der Waals surface area contributed by atoms with Gasteiger partial charge in [-0.05, 0) is 78.8 Å². The summed E-state index contributed by atoms with van der Waals surface area (Å²) in [6.07, 6.45) is 11.7. The van der Waals surface area contributed by atoms with E-state index in [1.165, 1.54) is 33.8 Å². The molecule has 1 spiro atoms. The normalized spacial score (nSPS) is 27.2. The second-order valence-electron chi connectivity index (χ2n) is 12.8. The third-order valence-corrected chi connectivity index (χ3v) is 11.4. The van der Waals surface area contributed by atoms with Gasteiger partial charge in [-0.3, -0.25) is 0 Å². The number of hydrogen-bond acceptors (Lipinski definition) is 6. The first-order chi connectivity index (χ1) is 21.6. The summed E-state index contributed by atoms with van der Waals surface area (Å²) in [5, 5.41) is 0. The second kappa shape index (κ2) is 8.85. The molecule has 0 saturated carbocycles. The molecule has 4 aromatic rings. The van der Waals surface area contributed by atoms with Gasteiger partial charge in [-0.1, -0.05) is 68.6 Å². The molecule has 44 heavy (non-hydrogen) atoms. The van der Waals surface area contributed by atoms with Crippen LogP contribution in [0.15, 0.2) is 122 Å². The Morgan fingerprint density at radius 1 is 0.841 bits per heavy atom. The van der Waals surface area contributed by atoms with Crippen molar-refractivity contribution < 1.29 is 0 Å². The maximum atomic E-state index is 4.90. The summed E-state index contributed by atoms with van der Waals surface area (Å²) in [5.74, 6) is 0.999. The van der Waals surface area contributed by atoms with E-state index >= 15 is 0 Å². The first-order valence-corrected chi connectivity index (χ1v) is 15.8. The van der Waals surface area contributed by atoms with Crippen molar-refractivity contribution >= 4 is 28.6 Å². The van der Waals surface area contributed by atoms with Gasteiger partial charge in [-0.15, -0.1) is 0 Å². The van der Waals surface area contributed by atoms with E-state index in [1.54, 1.807) is 6.33 Å². The van der Waals surface area contributed by atoms with E-state index in [-0.39, 0.29) is 23.2 Å². The minimum Gasteiger partial charge on any atom is -0.349 e. The lowest BCUT2D eigenvalue weighted by molar-refractivity contribution is 0.151. The zero-order valence-corrected chi connectivity index (χ0v) is 25.3. The molecule has 4 unspecified atom stereocenters. The fourth-order valence-corrected chi connectivity index (χ4v) is 9.82. The number of hydrogen-bond donors (Lipinski definition) is 0. The van der Waals surface area contributed by atoms with Crippen molar-refractivity contribution in [2.75, 3.05) is 26.6 Å². The lowest BCUT2D eigenvalue weighted by Crippen LogP contribution is -2.63. The Balaban J connectivity index is 1.44. The molecule has 9 heterocycles. The second-order valence-corrected chi connectivity index (χ2v) is 12.8. The predicted octanol–water partition coefficient (Wildman–Crippen LogP) is 7.58. The summed E-state index contributed by atoms with van der Waals surface area (Å²) >= 11 is 0. The van der Waals surface area contributed by atoms with Gasteiger partial charge in [0, 0.05) is 34.9 Å². The van der Waals surface area contributed by atoms with Crippen LogP contribution in [0, 0.1) is 0 Å². The van der Waals surface area contributed by atoms with Gasteiger partial charge in [-0.2, -0.15) is 0 Å². The molecule has 0 fully saturated rings. The molecule has 0 radical (unpaired) electrons. The molecule has 0 N–H and O–H groups in total. The van der Waals surface area contributed by atoms with Crippen molar-refractivity contribution in [3.05, 3.63) is 139 Å². The number of allylic oxidation sites excluding steroid dienone is 2. The maximum Gasteiger partial charge on any atom is 0.161 e. The van der Waals surface area contributed by atoms with Crippen LogP contribution < -0.4 is 19.6 Å². The molecule has 0 saturated heterocycles. The number of nitrogens with zero attached hydrogens (tertiary/aromatic N) is 6. The van der Waals surface area contributed by atoms with Crippen molar-refractivity contribution in [2.24, 2.45) is 0 Å². The Kier molecular flexibility index (Phi) is 5.16. The molecule has 12 rings (SSSR count). The third-order valence-electron chi connectivity index (χ3n) is 11.4. The molecular weight excluding hydrogens is 540 g/mol. The highest BCUT2D eigenvalue weighted by molar-refractivity contribution is 5.87. The lowest BCUT2D eigenvalue weighted by atomic mass is 9.50. The van der Waals surface area contributed by atoms with E-state index < -0.39 is 0 Å². The number of aromatic nitrogens is 2. The SMILES string of the molecule is C=CC1=C(C=C)N2c3ccccc3C3(CC)Cc4ccc(cc4)N1C2CCC31c2ccccc2N2c3ncncc3N(C)C21.